The van der Waals surface area contributed by atoms with Gasteiger partial charge in [-0.2, -0.15) is 0 Å². The van der Waals surface area contributed by atoms with Gasteiger partial charge in [-0.3, -0.25) is 4.79 Å². The number of aliphatic hydroxyl groups is 1. The minimum Gasteiger partial charge on any atom is -0.480 e. The molecule has 0 aromatic heterocycles. The molecule has 6 nitrogen and oxygen atoms in total. The molecule has 2 aliphatic heterocycles. The maximum atomic E-state index is 9.65. The number of nitrogens with two attached hydrogens (primary N) is 1. The molecule has 125 valence electrons. The van der Waals surface area contributed by atoms with Crippen LogP contribution >= 0.6 is 0 Å². The van der Waals surface area contributed by atoms with Crippen molar-refractivity contribution in [2.75, 3.05) is 33.0 Å². The Kier molecular flexibility index (Phi) is 19.1. The fourth-order valence-corrected chi connectivity index (χ4v) is 1.45. The number of hydrogen-bond acceptors (Lipinski definition) is 5. The first kappa shape index (κ1) is 22.3. The summed E-state index contributed by atoms with van der Waals surface area (Å²) in [6.07, 6.45) is 7.86. The quantitative estimate of drug-likeness (QED) is 0.607. The van der Waals surface area contributed by atoms with Gasteiger partial charge in [0.05, 0.1) is 6.61 Å². The topological polar surface area (TPSA) is 102 Å². The Morgan fingerprint density at radius 3 is 1.35 bits per heavy atom. The second-order valence-electron chi connectivity index (χ2n) is 4.47. The number of carbonyl (C=O) groups is 1. The van der Waals surface area contributed by atoms with Gasteiger partial charge in [0.2, 0.25) is 0 Å². The van der Waals surface area contributed by atoms with Gasteiger partial charge in [0.15, 0.2) is 0 Å². The summed E-state index contributed by atoms with van der Waals surface area (Å²) in [7, 11) is 0. The van der Waals surface area contributed by atoms with Crippen molar-refractivity contribution < 1.29 is 46.9 Å². The molecule has 0 aromatic rings. The van der Waals surface area contributed by atoms with Crippen molar-refractivity contribution in [2.45, 2.75) is 44.6 Å². The summed E-state index contributed by atoms with van der Waals surface area (Å²) >= 11 is 0. The average molecular weight is 385 g/mol. The fourth-order valence-electron chi connectivity index (χ4n) is 1.45. The third kappa shape index (κ3) is 16.1. The number of hydrogen-bond donors (Lipinski definition) is 3. The number of rotatable bonds is 2. The van der Waals surface area contributed by atoms with E-state index in [1.807, 2.05) is 0 Å². The van der Waals surface area contributed by atoms with Crippen LogP contribution in [0.4, 0.5) is 0 Å². The third-order valence-corrected chi connectivity index (χ3v) is 2.67. The smallest absolute Gasteiger partial charge is 0.322 e. The maximum absolute atomic E-state index is 9.65. The van der Waals surface area contributed by atoms with E-state index >= 15 is 0 Å². The van der Waals surface area contributed by atoms with Crippen molar-refractivity contribution in [3.05, 3.63) is 0 Å². The van der Waals surface area contributed by atoms with Gasteiger partial charge >= 0.3 is 5.97 Å². The SMILES string of the molecule is C1CCOCC1.C1CCOCC1.N[C@@H](CO)C(=O)O.[Ag]. The van der Waals surface area contributed by atoms with E-state index in [0.29, 0.717) is 0 Å². The summed E-state index contributed by atoms with van der Waals surface area (Å²) in [5, 5.41) is 15.9. The van der Waals surface area contributed by atoms with Crippen LogP contribution in [0.2, 0.25) is 0 Å². The molecular formula is C13H27AgNO5. The van der Waals surface area contributed by atoms with Gasteiger partial charge in [-0.1, -0.05) is 0 Å². The molecule has 20 heavy (non-hydrogen) atoms. The monoisotopic (exact) mass is 384 g/mol. The maximum Gasteiger partial charge on any atom is 0.322 e. The Labute approximate surface area is 136 Å². The number of aliphatic hydroxyl groups excluding tert-OH is 1. The Balaban J connectivity index is 0. The van der Waals surface area contributed by atoms with E-state index in [2.05, 4.69) is 0 Å². The largest absolute Gasteiger partial charge is 0.480 e. The van der Waals surface area contributed by atoms with Gasteiger partial charge in [-0.05, 0) is 38.5 Å². The molecule has 1 atom stereocenters. The van der Waals surface area contributed by atoms with Crippen molar-refractivity contribution in [3.8, 4) is 0 Å². The second-order valence-corrected chi connectivity index (χ2v) is 4.47. The van der Waals surface area contributed by atoms with Crippen molar-refractivity contribution in [1.29, 1.82) is 0 Å². The number of aliphatic carboxylic acids is 1. The molecule has 2 aliphatic rings. The molecule has 2 rings (SSSR count). The molecule has 0 unspecified atom stereocenters. The zero-order valence-electron chi connectivity index (χ0n) is 11.9. The molecule has 4 N–H and O–H groups in total. The van der Waals surface area contributed by atoms with E-state index in [0.717, 1.165) is 26.4 Å². The fraction of sp³-hybridized carbons (Fsp3) is 0.923. The summed E-state index contributed by atoms with van der Waals surface area (Å²) < 4.78 is 10.1. The van der Waals surface area contributed by atoms with Gasteiger partial charge < -0.3 is 25.4 Å². The van der Waals surface area contributed by atoms with Crippen LogP contribution in [0.25, 0.3) is 0 Å². The van der Waals surface area contributed by atoms with Gasteiger partial charge in [-0.15, -0.1) is 0 Å². The standard InChI is InChI=1S/2C5H10O.C3H7NO3.Ag/c2*1-2-4-6-5-3-1;4-2(1-5)3(6)7;/h2*1-5H2;2,5H,1,4H2,(H,6,7);/t;;2-;/m..0./s1. The van der Waals surface area contributed by atoms with Crippen molar-refractivity contribution in [1.82, 2.24) is 0 Å². The van der Waals surface area contributed by atoms with E-state index in [4.69, 9.17) is 25.4 Å². The van der Waals surface area contributed by atoms with Gasteiger partial charge in [0, 0.05) is 48.8 Å². The second kappa shape index (κ2) is 17.1. The van der Waals surface area contributed by atoms with Gasteiger partial charge in [0.25, 0.3) is 0 Å². The van der Waals surface area contributed by atoms with Gasteiger partial charge in [0.1, 0.15) is 6.04 Å². The van der Waals surface area contributed by atoms with E-state index in [1.54, 1.807) is 0 Å². The first-order chi connectivity index (χ1) is 9.18. The predicted octanol–water partition coefficient (Wildman–Crippen LogP) is 0.762. The van der Waals surface area contributed by atoms with Crippen LogP contribution in [0.5, 0.6) is 0 Å². The molecular weight excluding hydrogens is 358 g/mol. The summed E-state index contributed by atoms with van der Waals surface area (Å²) in [4.78, 5) is 9.65. The molecule has 1 radical (unpaired) electrons. The first-order valence-corrected chi connectivity index (χ1v) is 6.93. The minimum atomic E-state index is -1.18. The molecule has 0 bridgehead atoms. The molecule has 0 aromatic carbocycles. The van der Waals surface area contributed by atoms with Crippen LogP contribution in [0.1, 0.15) is 38.5 Å². The Morgan fingerprint density at radius 1 is 0.950 bits per heavy atom. The van der Waals surface area contributed by atoms with Crippen LogP contribution in [0, 0.1) is 0 Å². The van der Waals surface area contributed by atoms with Crippen LogP contribution in [0.3, 0.4) is 0 Å². The minimum absolute atomic E-state index is 0. The van der Waals surface area contributed by atoms with Crippen LogP contribution in [0.15, 0.2) is 0 Å². The number of carboxylic acid groups (broad SMARTS) is 1. The van der Waals surface area contributed by atoms with E-state index < -0.39 is 18.6 Å². The molecule has 0 amide bonds. The van der Waals surface area contributed by atoms with Gasteiger partial charge in [-0.25, -0.2) is 0 Å². The zero-order valence-corrected chi connectivity index (χ0v) is 13.3. The molecule has 2 saturated heterocycles. The molecule has 7 heteroatoms. The van der Waals surface area contributed by atoms with E-state index in [1.165, 1.54) is 38.5 Å². The first-order valence-electron chi connectivity index (χ1n) is 6.93. The Bertz CT molecular complexity index is 176. The van der Waals surface area contributed by atoms with Crippen LogP contribution in [-0.2, 0) is 36.6 Å². The Hall–Kier alpha value is 0.0503. The predicted molar refractivity (Wildman–Crippen MR) is 72.0 cm³/mol. The summed E-state index contributed by atoms with van der Waals surface area (Å²) in [6.45, 7) is 3.50. The van der Waals surface area contributed by atoms with E-state index in [-0.39, 0.29) is 22.4 Å². The summed E-state index contributed by atoms with van der Waals surface area (Å²) in [5.74, 6) is -1.18. The Morgan fingerprint density at radius 2 is 1.30 bits per heavy atom. The summed E-state index contributed by atoms with van der Waals surface area (Å²) in [6, 6.07) is -1.13. The van der Waals surface area contributed by atoms with Crippen LogP contribution in [-0.4, -0.2) is 55.3 Å². The number of ether oxygens (including phenoxy) is 2. The molecule has 0 aliphatic carbocycles. The summed E-state index contributed by atoms with van der Waals surface area (Å²) in [5.41, 5.74) is 4.77. The molecule has 2 heterocycles. The zero-order chi connectivity index (χ0) is 14.3. The number of carboxylic acids is 1. The van der Waals surface area contributed by atoms with E-state index in [9.17, 15) is 4.79 Å². The normalized spacial score (nSPS) is 19.1. The molecule has 2 fully saturated rings. The van der Waals surface area contributed by atoms with Crippen molar-refractivity contribution in [3.63, 3.8) is 0 Å². The van der Waals surface area contributed by atoms with Crippen molar-refractivity contribution >= 4 is 5.97 Å². The third-order valence-electron chi connectivity index (χ3n) is 2.67. The van der Waals surface area contributed by atoms with Crippen LogP contribution < -0.4 is 5.73 Å². The average Bonchev–Trinajstić information content (AvgIpc) is 2.51. The molecule has 0 saturated carbocycles. The molecule has 0 spiro atoms. The van der Waals surface area contributed by atoms with Crippen molar-refractivity contribution in [2.24, 2.45) is 5.73 Å².